The maximum Gasteiger partial charge on any atom is 0.490 e. The highest BCUT2D eigenvalue weighted by molar-refractivity contribution is 7.22. The van der Waals surface area contributed by atoms with E-state index in [1.807, 2.05) is 30.3 Å². The molecule has 4 rings (SSSR count). The van der Waals surface area contributed by atoms with Crippen molar-refractivity contribution in [3.63, 3.8) is 0 Å². The topological polar surface area (TPSA) is 118 Å². The van der Waals surface area contributed by atoms with Gasteiger partial charge in [0.05, 0.1) is 23.4 Å². The molecule has 1 saturated heterocycles. The predicted octanol–water partition coefficient (Wildman–Crippen LogP) is 3.60. The molecule has 1 amide bonds. The summed E-state index contributed by atoms with van der Waals surface area (Å²) in [5.74, 6) is -2.92. The number of ether oxygens (including phenoxy) is 1. The first-order valence-electron chi connectivity index (χ1n) is 9.34. The van der Waals surface area contributed by atoms with Crippen molar-refractivity contribution in [2.45, 2.75) is 6.18 Å². The summed E-state index contributed by atoms with van der Waals surface area (Å²) in [6, 6.07) is 13.3. The number of nitrogen functional groups attached to an aromatic ring is 1. The zero-order chi connectivity index (χ0) is 23.3. The molecule has 0 unspecified atom stereocenters. The summed E-state index contributed by atoms with van der Waals surface area (Å²) in [6.07, 6.45) is -5.08. The molecule has 0 radical (unpaired) electrons. The second-order valence-corrected chi connectivity index (χ2v) is 7.70. The summed E-state index contributed by atoms with van der Waals surface area (Å²) < 4.78 is 38.1. The quantitative estimate of drug-likeness (QED) is 0.538. The van der Waals surface area contributed by atoms with E-state index < -0.39 is 12.1 Å². The molecular weight excluding hydrogens is 449 g/mol. The van der Waals surface area contributed by atoms with Crippen LogP contribution in [0.1, 0.15) is 10.4 Å². The monoisotopic (exact) mass is 468 g/mol. The maximum atomic E-state index is 12.5. The minimum absolute atomic E-state index is 0.160. The first kappa shape index (κ1) is 23.3. The number of carbonyl (C=O) groups is 2. The largest absolute Gasteiger partial charge is 0.490 e. The third-order valence-corrected chi connectivity index (χ3v) is 5.28. The molecule has 3 aromatic rings. The van der Waals surface area contributed by atoms with Crippen LogP contribution in [0.2, 0.25) is 0 Å². The van der Waals surface area contributed by atoms with Crippen LogP contribution in [0.3, 0.4) is 0 Å². The number of amides is 1. The number of aromatic nitrogens is 1. The second kappa shape index (κ2) is 9.83. The van der Waals surface area contributed by atoms with Gasteiger partial charge in [-0.05, 0) is 42.5 Å². The van der Waals surface area contributed by atoms with Gasteiger partial charge in [-0.1, -0.05) is 11.3 Å². The van der Waals surface area contributed by atoms with E-state index in [1.165, 1.54) is 11.3 Å². The highest BCUT2D eigenvalue weighted by Gasteiger charge is 2.38. The van der Waals surface area contributed by atoms with Crippen LogP contribution in [0.15, 0.2) is 42.5 Å². The van der Waals surface area contributed by atoms with Gasteiger partial charge in [0.2, 0.25) is 0 Å². The number of nitrogens with two attached hydrogens (primary N) is 1. The van der Waals surface area contributed by atoms with E-state index in [0.717, 1.165) is 47.9 Å². The van der Waals surface area contributed by atoms with Crippen LogP contribution < -0.4 is 16.0 Å². The highest BCUT2D eigenvalue weighted by Crippen LogP contribution is 2.25. The van der Waals surface area contributed by atoms with Crippen molar-refractivity contribution in [2.75, 3.05) is 42.3 Å². The summed E-state index contributed by atoms with van der Waals surface area (Å²) >= 11 is 1.41. The minimum atomic E-state index is -5.08. The Hall–Kier alpha value is -3.38. The third-order valence-electron chi connectivity index (χ3n) is 4.41. The summed E-state index contributed by atoms with van der Waals surface area (Å²) in [6.45, 7) is 3.29. The normalized spacial score (nSPS) is 13.9. The number of nitrogens with zero attached hydrogens (tertiary/aromatic N) is 2. The van der Waals surface area contributed by atoms with Gasteiger partial charge in [-0.2, -0.15) is 13.2 Å². The van der Waals surface area contributed by atoms with Crippen molar-refractivity contribution in [1.82, 2.24) is 4.98 Å². The van der Waals surface area contributed by atoms with Gasteiger partial charge < -0.3 is 25.8 Å². The zero-order valence-electron chi connectivity index (χ0n) is 16.6. The van der Waals surface area contributed by atoms with Crippen LogP contribution >= 0.6 is 11.3 Å². The number of halogens is 3. The predicted molar refractivity (Wildman–Crippen MR) is 115 cm³/mol. The molecule has 2 heterocycles. The number of hydrogen-bond acceptors (Lipinski definition) is 7. The lowest BCUT2D eigenvalue weighted by Crippen LogP contribution is -2.36. The SMILES string of the molecule is Nc1nc2cc(C(=O)Nc3ccc(N4CCOCC4)cc3)ccc2s1.O=C(O)C(F)(F)F. The lowest BCUT2D eigenvalue weighted by molar-refractivity contribution is -0.192. The molecule has 12 heteroatoms. The van der Waals surface area contributed by atoms with Crippen LogP contribution in [0.4, 0.5) is 29.7 Å². The van der Waals surface area contributed by atoms with Gasteiger partial charge in [-0.25, -0.2) is 9.78 Å². The number of nitrogens with one attached hydrogen (secondary N) is 1. The van der Waals surface area contributed by atoms with Gasteiger partial charge in [-0.15, -0.1) is 0 Å². The molecule has 8 nitrogen and oxygen atoms in total. The standard InChI is InChI=1S/C18H18N4O2S.C2HF3O2/c19-18-21-15-11-12(1-6-16(15)25-18)17(23)20-13-2-4-14(5-3-13)22-7-9-24-10-8-22;3-2(4,5)1(6)7/h1-6,11H,7-10H2,(H2,19,21)(H,20,23);(H,6,7). The fourth-order valence-corrected chi connectivity index (χ4v) is 3.58. The van der Waals surface area contributed by atoms with Gasteiger partial charge in [0, 0.05) is 30.0 Å². The molecule has 1 aliphatic heterocycles. The maximum absolute atomic E-state index is 12.5. The number of fused-ring (bicyclic) bond motifs is 1. The number of alkyl halides is 3. The van der Waals surface area contributed by atoms with Crippen molar-refractivity contribution in [1.29, 1.82) is 0 Å². The number of carboxylic acid groups (broad SMARTS) is 1. The molecule has 4 N–H and O–H groups in total. The van der Waals surface area contributed by atoms with E-state index in [-0.39, 0.29) is 5.91 Å². The highest BCUT2D eigenvalue weighted by atomic mass is 32.1. The molecule has 32 heavy (non-hydrogen) atoms. The Morgan fingerprint density at radius 2 is 1.75 bits per heavy atom. The number of carboxylic acids is 1. The number of hydrogen-bond donors (Lipinski definition) is 3. The van der Waals surface area contributed by atoms with Gasteiger partial charge in [0.15, 0.2) is 5.13 Å². The average molecular weight is 468 g/mol. The van der Waals surface area contributed by atoms with Gasteiger partial charge in [0.25, 0.3) is 5.91 Å². The average Bonchev–Trinajstić information content (AvgIpc) is 3.14. The molecule has 0 spiro atoms. The summed E-state index contributed by atoms with van der Waals surface area (Å²) in [7, 11) is 0. The lowest BCUT2D eigenvalue weighted by Gasteiger charge is -2.28. The number of aliphatic carboxylic acids is 1. The molecule has 1 fully saturated rings. The number of rotatable bonds is 3. The Morgan fingerprint density at radius 1 is 1.12 bits per heavy atom. The number of benzene rings is 2. The Kier molecular flexibility index (Phi) is 7.15. The van der Waals surface area contributed by atoms with E-state index >= 15 is 0 Å². The molecule has 0 bridgehead atoms. The van der Waals surface area contributed by atoms with Crippen LogP contribution in [0.5, 0.6) is 0 Å². The Balaban J connectivity index is 0.000000360. The molecule has 1 aromatic heterocycles. The van der Waals surface area contributed by atoms with Gasteiger partial charge in [0.1, 0.15) is 0 Å². The van der Waals surface area contributed by atoms with Crippen molar-refractivity contribution in [3.8, 4) is 0 Å². The molecule has 0 saturated carbocycles. The van der Waals surface area contributed by atoms with Crippen molar-refractivity contribution in [3.05, 3.63) is 48.0 Å². The minimum Gasteiger partial charge on any atom is -0.475 e. The first-order chi connectivity index (χ1) is 15.1. The smallest absolute Gasteiger partial charge is 0.475 e. The fraction of sp³-hybridized carbons (Fsp3) is 0.250. The summed E-state index contributed by atoms with van der Waals surface area (Å²) in [5, 5.41) is 10.6. The second-order valence-electron chi connectivity index (χ2n) is 6.64. The molecule has 0 aliphatic carbocycles. The number of thiazole rings is 1. The van der Waals surface area contributed by atoms with Gasteiger partial charge in [-0.3, -0.25) is 4.79 Å². The Bertz CT molecular complexity index is 1100. The van der Waals surface area contributed by atoms with Crippen molar-refractivity contribution < 1.29 is 32.6 Å². The van der Waals surface area contributed by atoms with E-state index in [0.29, 0.717) is 10.7 Å². The molecule has 0 atom stereocenters. The molecular formula is C20H19F3N4O4S. The third kappa shape index (κ3) is 6.08. The van der Waals surface area contributed by atoms with Crippen molar-refractivity contribution >= 4 is 49.9 Å². The van der Waals surface area contributed by atoms with E-state index in [9.17, 15) is 18.0 Å². The van der Waals surface area contributed by atoms with Crippen LogP contribution in [-0.2, 0) is 9.53 Å². The molecule has 2 aromatic carbocycles. The molecule has 1 aliphatic rings. The number of morpholine rings is 1. The summed E-state index contributed by atoms with van der Waals surface area (Å²) in [4.78, 5) is 27.9. The van der Waals surface area contributed by atoms with Crippen LogP contribution in [0, 0.1) is 0 Å². The Labute approximate surface area is 184 Å². The lowest BCUT2D eigenvalue weighted by atomic mass is 10.2. The van der Waals surface area contributed by atoms with E-state index in [4.69, 9.17) is 20.4 Å². The van der Waals surface area contributed by atoms with E-state index in [1.54, 1.807) is 12.1 Å². The van der Waals surface area contributed by atoms with Crippen molar-refractivity contribution in [2.24, 2.45) is 0 Å². The number of anilines is 3. The summed E-state index contributed by atoms with van der Waals surface area (Å²) in [5.41, 5.74) is 8.93. The Morgan fingerprint density at radius 3 is 2.34 bits per heavy atom. The van der Waals surface area contributed by atoms with Crippen LogP contribution in [0.25, 0.3) is 10.2 Å². The number of carbonyl (C=O) groups excluding carboxylic acids is 1. The van der Waals surface area contributed by atoms with Gasteiger partial charge >= 0.3 is 12.1 Å². The fourth-order valence-electron chi connectivity index (χ4n) is 2.87. The molecule has 170 valence electrons. The first-order valence-corrected chi connectivity index (χ1v) is 10.2. The van der Waals surface area contributed by atoms with E-state index in [2.05, 4.69) is 15.2 Å². The van der Waals surface area contributed by atoms with Crippen LogP contribution in [-0.4, -0.2) is 54.4 Å². The zero-order valence-corrected chi connectivity index (χ0v) is 17.4.